The molecule has 0 saturated carbocycles. The number of benzene rings is 2. The molecular formula is C21H25NO3. The number of carbonyl (C=O) groups is 2. The van der Waals surface area contributed by atoms with E-state index < -0.39 is 12.0 Å². The Morgan fingerprint density at radius 1 is 1.00 bits per heavy atom. The molecule has 2 aromatic carbocycles. The Hall–Kier alpha value is -2.62. The molecular weight excluding hydrogens is 314 g/mol. The van der Waals surface area contributed by atoms with Gasteiger partial charge >= 0.3 is 5.97 Å². The minimum absolute atomic E-state index is 0.0891. The zero-order valence-electron chi connectivity index (χ0n) is 14.8. The quantitative estimate of drug-likeness (QED) is 0.754. The van der Waals surface area contributed by atoms with Gasteiger partial charge in [0, 0.05) is 11.6 Å². The Labute approximate surface area is 148 Å². The third-order valence-corrected chi connectivity index (χ3v) is 4.11. The SMILES string of the molecule is CCCCc1ccc(-c2ccc(C(=O)NC(C)CC(=O)O)cc2)cc1. The summed E-state index contributed by atoms with van der Waals surface area (Å²) in [5, 5.41) is 11.4. The normalized spacial score (nSPS) is 11.8. The van der Waals surface area contributed by atoms with Gasteiger partial charge in [0.15, 0.2) is 0 Å². The van der Waals surface area contributed by atoms with E-state index in [0.29, 0.717) is 5.56 Å². The van der Waals surface area contributed by atoms with E-state index in [2.05, 4.69) is 36.5 Å². The first-order valence-corrected chi connectivity index (χ1v) is 8.71. The maximum atomic E-state index is 12.1. The minimum Gasteiger partial charge on any atom is -0.481 e. The molecule has 0 bridgehead atoms. The fraction of sp³-hybridized carbons (Fsp3) is 0.333. The van der Waals surface area contributed by atoms with Crippen molar-refractivity contribution in [2.75, 3.05) is 0 Å². The lowest BCUT2D eigenvalue weighted by molar-refractivity contribution is -0.137. The van der Waals surface area contributed by atoms with Crippen LogP contribution in [-0.4, -0.2) is 23.0 Å². The maximum absolute atomic E-state index is 12.1. The van der Waals surface area contributed by atoms with E-state index in [4.69, 9.17) is 5.11 Å². The van der Waals surface area contributed by atoms with Gasteiger partial charge in [0.25, 0.3) is 5.91 Å². The Morgan fingerprint density at radius 3 is 2.08 bits per heavy atom. The molecule has 132 valence electrons. The molecule has 2 N–H and O–H groups in total. The second-order valence-electron chi connectivity index (χ2n) is 6.35. The van der Waals surface area contributed by atoms with Crippen molar-refractivity contribution in [3.8, 4) is 11.1 Å². The Balaban J connectivity index is 2.01. The van der Waals surface area contributed by atoms with Crippen molar-refractivity contribution in [2.24, 2.45) is 0 Å². The van der Waals surface area contributed by atoms with Crippen molar-refractivity contribution in [1.29, 1.82) is 0 Å². The lowest BCUT2D eigenvalue weighted by atomic mass is 10.0. The molecule has 0 fully saturated rings. The van der Waals surface area contributed by atoms with Gasteiger partial charge in [0.05, 0.1) is 6.42 Å². The Morgan fingerprint density at radius 2 is 1.56 bits per heavy atom. The van der Waals surface area contributed by atoms with Crippen LogP contribution in [-0.2, 0) is 11.2 Å². The van der Waals surface area contributed by atoms with E-state index in [0.717, 1.165) is 17.5 Å². The van der Waals surface area contributed by atoms with Crippen LogP contribution in [0.5, 0.6) is 0 Å². The minimum atomic E-state index is -0.925. The van der Waals surface area contributed by atoms with Crippen molar-refractivity contribution in [3.63, 3.8) is 0 Å². The average Bonchev–Trinajstić information content (AvgIpc) is 2.59. The van der Waals surface area contributed by atoms with Gasteiger partial charge in [-0.2, -0.15) is 0 Å². The van der Waals surface area contributed by atoms with Gasteiger partial charge in [-0.05, 0) is 48.6 Å². The van der Waals surface area contributed by atoms with Crippen LogP contribution in [0.1, 0.15) is 49.0 Å². The molecule has 25 heavy (non-hydrogen) atoms. The number of nitrogens with one attached hydrogen (secondary N) is 1. The predicted octanol–water partition coefficient (Wildman–Crippen LogP) is 4.29. The molecule has 1 unspecified atom stereocenters. The number of carboxylic acid groups (broad SMARTS) is 1. The van der Waals surface area contributed by atoms with Crippen LogP contribution in [0.2, 0.25) is 0 Å². The number of aryl methyl sites for hydroxylation is 1. The number of unbranched alkanes of at least 4 members (excludes halogenated alkanes) is 1. The second-order valence-corrected chi connectivity index (χ2v) is 6.35. The molecule has 4 nitrogen and oxygen atoms in total. The molecule has 0 aliphatic heterocycles. The summed E-state index contributed by atoms with van der Waals surface area (Å²) >= 11 is 0. The summed E-state index contributed by atoms with van der Waals surface area (Å²) < 4.78 is 0. The summed E-state index contributed by atoms with van der Waals surface area (Å²) in [6.45, 7) is 3.87. The highest BCUT2D eigenvalue weighted by Gasteiger charge is 2.12. The average molecular weight is 339 g/mol. The van der Waals surface area contributed by atoms with Gasteiger partial charge in [0.1, 0.15) is 0 Å². The van der Waals surface area contributed by atoms with E-state index in [1.165, 1.54) is 18.4 Å². The number of hydrogen-bond acceptors (Lipinski definition) is 2. The van der Waals surface area contributed by atoms with Crippen molar-refractivity contribution in [2.45, 2.75) is 45.6 Å². The van der Waals surface area contributed by atoms with Crippen molar-refractivity contribution in [3.05, 3.63) is 59.7 Å². The van der Waals surface area contributed by atoms with E-state index in [9.17, 15) is 9.59 Å². The van der Waals surface area contributed by atoms with Crippen molar-refractivity contribution < 1.29 is 14.7 Å². The molecule has 2 rings (SSSR count). The molecule has 0 aliphatic carbocycles. The van der Waals surface area contributed by atoms with Crippen LogP contribution < -0.4 is 5.32 Å². The first-order chi connectivity index (χ1) is 12.0. The lowest BCUT2D eigenvalue weighted by Gasteiger charge is -2.12. The smallest absolute Gasteiger partial charge is 0.305 e. The number of carboxylic acids is 1. The topological polar surface area (TPSA) is 66.4 Å². The standard InChI is InChI=1S/C21H25NO3/c1-3-4-5-16-6-8-17(9-7-16)18-10-12-19(13-11-18)21(25)22-15(2)14-20(23)24/h6-13,15H,3-5,14H2,1-2H3,(H,22,25)(H,23,24). The van der Waals surface area contributed by atoms with Crippen molar-refractivity contribution in [1.82, 2.24) is 5.32 Å². The molecule has 0 radical (unpaired) electrons. The van der Waals surface area contributed by atoms with Gasteiger partial charge in [0.2, 0.25) is 0 Å². The van der Waals surface area contributed by atoms with E-state index >= 15 is 0 Å². The van der Waals surface area contributed by atoms with Gasteiger partial charge in [-0.3, -0.25) is 9.59 Å². The molecule has 2 aromatic rings. The molecule has 4 heteroatoms. The zero-order chi connectivity index (χ0) is 18.2. The first kappa shape index (κ1) is 18.7. The summed E-state index contributed by atoms with van der Waals surface area (Å²) in [5.74, 6) is -1.18. The summed E-state index contributed by atoms with van der Waals surface area (Å²) in [6.07, 6.45) is 3.40. The molecule has 1 amide bonds. The molecule has 0 spiro atoms. The second kappa shape index (κ2) is 9.02. The lowest BCUT2D eigenvalue weighted by Crippen LogP contribution is -2.34. The fourth-order valence-corrected chi connectivity index (χ4v) is 2.68. The third kappa shape index (κ3) is 5.75. The highest BCUT2D eigenvalue weighted by atomic mass is 16.4. The van der Waals surface area contributed by atoms with Crippen LogP contribution in [0, 0.1) is 0 Å². The highest BCUT2D eigenvalue weighted by Crippen LogP contribution is 2.21. The number of rotatable bonds is 8. The number of aliphatic carboxylic acids is 1. The summed E-state index contributed by atoms with van der Waals surface area (Å²) in [6, 6.07) is 15.5. The molecule has 0 aromatic heterocycles. The number of amides is 1. The van der Waals surface area contributed by atoms with Crippen LogP contribution in [0.25, 0.3) is 11.1 Å². The fourth-order valence-electron chi connectivity index (χ4n) is 2.68. The number of carbonyl (C=O) groups excluding carboxylic acids is 1. The van der Waals surface area contributed by atoms with E-state index in [-0.39, 0.29) is 12.3 Å². The van der Waals surface area contributed by atoms with Crippen LogP contribution in [0.3, 0.4) is 0 Å². The van der Waals surface area contributed by atoms with Gasteiger partial charge in [-0.25, -0.2) is 0 Å². The van der Waals surface area contributed by atoms with Crippen LogP contribution >= 0.6 is 0 Å². The summed E-state index contributed by atoms with van der Waals surface area (Å²) in [4.78, 5) is 22.8. The molecule has 0 aliphatic rings. The van der Waals surface area contributed by atoms with Crippen LogP contribution in [0.4, 0.5) is 0 Å². The Bertz CT molecular complexity index is 705. The predicted molar refractivity (Wildman–Crippen MR) is 99.7 cm³/mol. The third-order valence-electron chi connectivity index (χ3n) is 4.11. The first-order valence-electron chi connectivity index (χ1n) is 8.71. The van der Waals surface area contributed by atoms with Crippen LogP contribution in [0.15, 0.2) is 48.5 Å². The van der Waals surface area contributed by atoms with E-state index in [1.54, 1.807) is 19.1 Å². The summed E-state index contributed by atoms with van der Waals surface area (Å²) in [7, 11) is 0. The monoisotopic (exact) mass is 339 g/mol. The summed E-state index contributed by atoms with van der Waals surface area (Å²) in [5.41, 5.74) is 4.04. The largest absolute Gasteiger partial charge is 0.481 e. The van der Waals surface area contributed by atoms with E-state index in [1.807, 2.05) is 12.1 Å². The van der Waals surface area contributed by atoms with Gasteiger partial charge < -0.3 is 10.4 Å². The maximum Gasteiger partial charge on any atom is 0.305 e. The highest BCUT2D eigenvalue weighted by molar-refractivity contribution is 5.95. The Kier molecular flexibility index (Phi) is 6.75. The molecule has 0 saturated heterocycles. The number of hydrogen-bond donors (Lipinski definition) is 2. The van der Waals surface area contributed by atoms with Gasteiger partial charge in [-0.1, -0.05) is 49.7 Å². The van der Waals surface area contributed by atoms with Crippen molar-refractivity contribution >= 4 is 11.9 Å². The van der Waals surface area contributed by atoms with Gasteiger partial charge in [-0.15, -0.1) is 0 Å². The zero-order valence-corrected chi connectivity index (χ0v) is 14.8. The molecule has 1 atom stereocenters. The molecule has 0 heterocycles.